The van der Waals surface area contributed by atoms with Crippen molar-refractivity contribution in [2.45, 2.75) is 27.7 Å². The van der Waals surface area contributed by atoms with Gasteiger partial charge < -0.3 is 10.2 Å². The number of rotatable bonds is 5. The molecule has 0 radical (unpaired) electrons. The molecule has 0 aliphatic carbocycles. The molecule has 1 aliphatic heterocycles. The van der Waals surface area contributed by atoms with Crippen molar-refractivity contribution >= 4 is 34.4 Å². The maximum atomic E-state index is 13.7. The van der Waals surface area contributed by atoms with Gasteiger partial charge in [0.05, 0.1) is 11.3 Å². The molecular weight excluding hydrogens is 410 g/mol. The third-order valence-corrected chi connectivity index (χ3v) is 6.14. The summed E-state index contributed by atoms with van der Waals surface area (Å²) in [5, 5.41) is 3.31. The van der Waals surface area contributed by atoms with Crippen molar-refractivity contribution in [1.29, 1.82) is 0 Å². The molecule has 0 unspecified atom stereocenters. The molecule has 0 fully saturated rings. The van der Waals surface area contributed by atoms with Gasteiger partial charge in [-0.15, -0.1) is 0 Å². The Balaban J connectivity index is 1.87. The van der Waals surface area contributed by atoms with Crippen LogP contribution in [0.2, 0.25) is 0 Å². The van der Waals surface area contributed by atoms with Crippen LogP contribution in [0.3, 0.4) is 0 Å². The minimum Gasteiger partial charge on any atom is -0.378 e. The summed E-state index contributed by atoms with van der Waals surface area (Å²) < 4.78 is 0. The molecule has 0 aromatic heterocycles. The standard InChI is InChI=1S/C28H29N3O2/c1-17-10-11-19(3)24(14-17)29-26-25(21-13-12-18(2)20(4)15-21)27(32)31(28(26)33)23-9-7-8-22(16-23)30(5)6/h7-16,29H,1-6H3. The second kappa shape index (κ2) is 8.58. The monoisotopic (exact) mass is 439 g/mol. The maximum absolute atomic E-state index is 13.7. The molecule has 3 aromatic carbocycles. The zero-order valence-corrected chi connectivity index (χ0v) is 20.0. The summed E-state index contributed by atoms with van der Waals surface area (Å²) in [4.78, 5) is 30.7. The number of nitrogens with zero attached hydrogens (tertiary/aromatic N) is 2. The first-order valence-electron chi connectivity index (χ1n) is 11.0. The Labute approximate surface area is 195 Å². The third kappa shape index (κ3) is 4.14. The first-order valence-corrected chi connectivity index (χ1v) is 11.0. The van der Waals surface area contributed by atoms with Crippen molar-refractivity contribution in [3.8, 4) is 0 Å². The Kier molecular flexibility index (Phi) is 5.81. The fourth-order valence-electron chi connectivity index (χ4n) is 3.96. The molecule has 1 aliphatic rings. The van der Waals surface area contributed by atoms with Gasteiger partial charge >= 0.3 is 0 Å². The Bertz CT molecular complexity index is 1300. The maximum Gasteiger partial charge on any atom is 0.282 e. The van der Waals surface area contributed by atoms with E-state index in [9.17, 15) is 9.59 Å². The first kappa shape index (κ1) is 22.3. The zero-order chi connectivity index (χ0) is 23.9. The minimum absolute atomic E-state index is 0.298. The summed E-state index contributed by atoms with van der Waals surface area (Å²) >= 11 is 0. The van der Waals surface area contributed by atoms with E-state index in [0.29, 0.717) is 17.0 Å². The lowest BCUT2D eigenvalue weighted by Crippen LogP contribution is -2.32. The van der Waals surface area contributed by atoms with Crippen LogP contribution in [0.15, 0.2) is 66.4 Å². The van der Waals surface area contributed by atoms with Crippen LogP contribution >= 0.6 is 0 Å². The summed E-state index contributed by atoms with van der Waals surface area (Å²) in [7, 11) is 3.86. The van der Waals surface area contributed by atoms with E-state index in [4.69, 9.17) is 0 Å². The van der Waals surface area contributed by atoms with E-state index < -0.39 is 0 Å². The lowest BCUT2D eigenvalue weighted by atomic mass is 9.99. The second-order valence-electron chi connectivity index (χ2n) is 8.85. The van der Waals surface area contributed by atoms with Gasteiger partial charge in [-0.3, -0.25) is 9.59 Å². The Morgan fingerprint density at radius 1 is 0.758 bits per heavy atom. The number of benzene rings is 3. The van der Waals surface area contributed by atoms with Crippen molar-refractivity contribution < 1.29 is 9.59 Å². The smallest absolute Gasteiger partial charge is 0.282 e. The number of hydrogen-bond donors (Lipinski definition) is 1. The van der Waals surface area contributed by atoms with Crippen LogP contribution in [0.1, 0.15) is 27.8 Å². The largest absolute Gasteiger partial charge is 0.378 e. The van der Waals surface area contributed by atoms with Crippen molar-refractivity contribution in [1.82, 2.24) is 0 Å². The molecule has 168 valence electrons. The Morgan fingerprint density at radius 3 is 2.18 bits per heavy atom. The molecular formula is C28H29N3O2. The molecule has 33 heavy (non-hydrogen) atoms. The van der Waals surface area contributed by atoms with Gasteiger partial charge in [0, 0.05) is 25.5 Å². The van der Waals surface area contributed by atoms with Crippen molar-refractivity contribution in [3.05, 3.63) is 94.2 Å². The average Bonchev–Trinajstić information content (AvgIpc) is 3.02. The molecule has 1 N–H and O–H groups in total. The molecule has 1 heterocycles. The van der Waals surface area contributed by atoms with Crippen LogP contribution in [-0.2, 0) is 9.59 Å². The van der Waals surface area contributed by atoms with Crippen LogP contribution in [-0.4, -0.2) is 25.9 Å². The highest BCUT2D eigenvalue weighted by molar-refractivity contribution is 6.46. The molecule has 0 atom stereocenters. The lowest BCUT2D eigenvalue weighted by Gasteiger charge is -2.19. The number of amides is 2. The summed E-state index contributed by atoms with van der Waals surface area (Å²) in [6, 6.07) is 19.4. The van der Waals surface area contributed by atoms with E-state index >= 15 is 0 Å². The van der Waals surface area contributed by atoms with Gasteiger partial charge in [-0.1, -0.05) is 36.4 Å². The third-order valence-electron chi connectivity index (χ3n) is 6.14. The SMILES string of the molecule is Cc1ccc(C)c(NC2=C(c3ccc(C)c(C)c3)C(=O)N(c3cccc(N(C)C)c3)C2=O)c1. The number of imide groups is 1. The summed E-state index contributed by atoms with van der Waals surface area (Å²) in [5.41, 5.74) is 7.98. The predicted molar refractivity (Wildman–Crippen MR) is 136 cm³/mol. The average molecular weight is 440 g/mol. The fraction of sp³-hybridized carbons (Fsp3) is 0.214. The molecule has 4 rings (SSSR count). The van der Waals surface area contributed by atoms with Crippen LogP contribution in [0.4, 0.5) is 17.1 Å². The van der Waals surface area contributed by atoms with E-state index in [-0.39, 0.29) is 11.8 Å². The van der Waals surface area contributed by atoms with Gasteiger partial charge in [0.25, 0.3) is 11.8 Å². The lowest BCUT2D eigenvalue weighted by molar-refractivity contribution is -0.120. The molecule has 2 amide bonds. The molecule has 0 spiro atoms. The zero-order valence-electron chi connectivity index (χ0n) is 20.0. The van der Waals surface area contributed by atoms with E-state index in [0.717, 1.165) is 39.2 Å². The van der Waals surface area contributed by atoms with Gasteiger partial charge in [-0.25, -0.2) is 4.90 Å². The van der Waals surface area contributed by atoms with Crippen LogP contribution < -0.4 is 15.1 Å². The van der Waals surface area contributed by atoms with Crippen molar-refractivity contribution in [2.75, 3.05) is 29.2 Å². The highest BCUT2D eigenvalue weighted by atomic mass is 16.2. The molecule has 3 aromatic rings. The number of carbonyl (C=O) groups is 2. The molecule has 5 nitrogen and oxygen atoms in total. The number of anilines is 3. The predicted octanol–water partition coefficient (Wildman–Crippen LogP) is 5.38. The van der Waals surface area contributed by atoms with E-state index in [1.54, 1.807) is 6.07 Å². The highest BCUT2D eigenvalue weighted by Crippen LogP contribution is 2.36. The second-order valence-corrected chi connectivity index (χ2v) is 8.85. The minimum atomic E-state index is -0.356. The fourth-order valence-corrected chi connectivity index (χ4v) is 3.96. The van der Waals surface area contributed by atoms with Crippen LogP contribution in [0, 0.1) is 27.7 Å². The quantitative estimate of drug-likeness (QED) is 0.542. The van der Waals surface area contributed by atoms with Gasteiger partial charge in [0.15, 0.2) is 0 Å². The number of nitrogens with one attached hydrogen (secondary N) is 1. The number of hydrogen-bond acceptors (Lipinski definition) is 4. The number of aryl methyl sites for hydroxylation is 4. The first-order chi connectivity index (χ1) is 15.7. The van der Waals surface area contributed by atoms with Crippen LogP contribution in [0.25, 0.3) is 5.57 Å². The molecule has 5 heteroatoms. The van der Waals surface area contributed by atoms with E-state index in [2.05, 4.69) is 5.32 Å². The Hall–Kier alpha value is -3.86. The Morgan fingerprint density at radius 2 is 1.48 bits per heavy atom. The number of carbonyl (C=O) groups excluding carboxylic acids is 2. The summed E-state index contributed by atoms with van der Waals surface area (Å²) in [6.07, 6.45) is 0. The topological polar surface area (TPSA) is 52.7 Å². The van der Waals surface area contributed by atoms with Gasteiger partial charge in [-0.05, 0) is 79.8 Å². The normalized spacial score (nSPS) is 13.7. The van der Waals surface area contributed by atoms with Gasteiger partial charge in [0.2, 0.25) is 0 Å². The van der Waals surface area contributed by atoms with Crippen molar-refractivity contribution in [2.24, 2.45) is 0 Å². The highest BCUT2D eigenvalue weighted by Gasteiger charge is 2.40. The van der Waals surface area contributed by atoms with Crippen molar-refractivity contribution in [3.63, 3.8) is 0 Å². The molecule has 0 saturated carbocycles. The van der Waals surface area contributed by atoms with E-state index in [1.165, 1.54) is 4.90 Å². The molecule has 0 saturated heterocycles. The summed E-state index contributed by atoms with van der Waals surface area (Å²) in [6.45, 7) is 8.03. The van der Waals surface area contributed by atoms with Crippen LogP contribution in [0.5, 0.6) is 0 Å². The molecule has 0 bridgehead atoms. The van der Waals surface area contributed by atoms with E-state index in [1.807, 2.05) is 101 Å². The summed E-state index contributed by atoms with van der Waals surface area (Å²) in [5.74, 6) is -0.683. The van der Waals surface area contributed by atoms with Gasteiger partial charge in [0.1, 0.15) is 5.70 Å². The van der Waals surface area contributed by atoms with Gasteiger partial charge in [-0.2, -0.15) is 0 Å².